The molecule has 0 radical (unpaired) electrons. The second-order valence-corrected chi connectivity index (χ2v) is 1.94. The highest BCUT2D eigenvalue weighted by Gasteiger charge is 1.94. The van der Waals surface area contributed by atoms with Gasteiger partial charge in [-0.2, -0.15) is 0 Å². The van der Waals surface area contributed by atoms with Gasteiger partial charge in [-0.15, -0.1) is 0 Å². The largest absolute Gasteiger partial charge is 0.0856 e. The van der Waals surface area contributed by atoms with E-state index in [2.05, 4.69) is 13.0 Å². The van der Waals surface area contributed by atoms with Gasteiger partial charge in [0.2, 0.25) is 0 Å². The van der Waals surface area contributed by atoms with Crippen molar-refractivity contribution in [2.24, 2.45) is 0 Å². The topological polar surface area (TPSA) is 0 Å². The van der Waals surface area contributed by atoms with E-state index in [-0.39, 0.29) is 0 Å². The highest BCUT2D eigenvalue weighted by Crippen LogP contribution is 2.15. The number of rotatable bonds is 0. The summed E-state index contributed by atoms with van der Waals surface area (Å²) in [4.78, 5) is 0. The second kappa shape index (κ2) is 11.5. The lowest BCUT2D eigenvalue weighted by molar-refractivity contribution is 0.907. The molecule has 0 amide bonds. The van der Waals surface area contributed by atoms with E-state index in [9.17, 15) is 0 Å². The molecule has 0 bridgehead atoms. The maximum absolute atomic E-state index is 2.32. The van der Waals surface area contributed by atoms with Gasteiger partial charge in [-0.05, 0) is 26.2 Å². The van der Waals surface area contributed by atoms with Crippen LogP contribution in [0.15, 0.2) is 11.6 Å². The van der Waals surface area contributed by atoms with Gasteiger partial charge in [0, 0.05) is 0 Å². The number of hydrogen-bond acceptors (Lipinski definition) is 0. The minimum Gasteiger partial charge on any atom is -0.0856 e. The summed E-state index contributed by atoms with van der Waals surface area (Å²) in [5.41, 5.74) is 1.58. The fourth-order valence-electron chi connectivity index (χ4n) is 0.831. The predicted molar refractivity (Wildman–Crippen MR) is 50.3 cm³/mol. The smallest absolute Gasteiger partial charge is 0.0320 e. The molecule has 0 atom stereocenters. The molecule has 0 nitrogen and oxygen atoms in total. The van der Waals surface area contributed by atoms with Crippen LogP contribution >= 0.6 is 0 Å². The molecule has 0 unspecified atom stereocenters. The Balaban J connectivity index is 0. The first kappa shape index (κ1) is 12.4. The van der Waals surface area contributed by atoms with E-state index in [4.69, 9.17) is 0 Å². The standard InChI is InChI=1S/C6H10.2C2H6/c1-6-4-2-3-5-6;2*1-2/h4H,2-3,5H2,1H3;2*1-2H3. The molecular formula is C10H22. The van der Waals surface area contributed by atoms with Gasteiger partial charge in [0.15, 0.2) is 0 Å². The molecule has 0 aromatic heterocycles. The van der Waals surface area contributed by atoms with Crippen molar-refractivity contribution in [3.05, 3.63) is 11.6 Å². The van der Waals surface area contributed by atoms with Crippen LogP contribution in [-0.2, 0) is 0 Å². The van der Waals surface area contributed by atoms with Crippen molar-refractivity contribution >= 4 is 0 Å². The van der Waals surface area contributed by atoms with Crippen LogP contribution in [0.5, 0.6) is 0 Å². The zero-order valence-electron chi connectivity index (χ0n) is 8.20. The van der Waals surface area contributed by atoms with Gasteiger partial charge in [0.1, 0.15) is 0 Å². The van der Waals surface area contributed by atoms with E-state index in [1.54, 1.807) is 5.57 Å². The molecule has 0 aliphatic heterocycles. The summed E-state index contributed by atoms with van der Waals surface area (Å²) in [6.07, 6.45) is 6.39. The second-order valence-electron chi connectivity index (χ2n) is 1.94. The third-order valence-corrected chi connectivity index (χ3v) is 1.27. The van der Waals surface area contributed by atoms with Crippen molar-refractivity contribution in [3.8, 4) is 0 Å². The normalized spacial score (nSPS) is 13.9. The number of allylic oxidation sites excluding steroid dienone is 2. The van der Waals surface area contributed by atoms with Crippen molar-refractivity contribution in [3.63, 3.8) is 0 Å². The molecule has 0 N–H and O–H groups in total. The highest BCUT2D eigenvalue weighted by molar-refractivity contribution is 5.02. The minimum absolute atomic E-state index is 1.33. The predicted octanol–water partition coefficient (Wildman–Crippen LogP) is 4.17. The van der Waals surface area contributed by atoms with Crippen LogP contribution in [-0.4, -0.2) is 0 Å². The maximum atomic E-state index is 2.32. The van der Waals surface area contributed by atoms with Crippen LogP contribution in [0.1, 0.15) is 53.9 Å². The Morgan fingerprint density at radius 2 is 1.60 bits per heavy atom. The third-order valence-electron chi connectivity index (χ3n) is 1.27. The zero-order valence-corrected chi connectivity index (χ0v) is 8.20. The number of hydrogen-bond donors (Lipinski definition) is 0. The van der Waals surface area contributed by atoms with Gasteiger partial charge in [-0.1, -0.05) is 39.3 Å². The van der Waals surface area contributed by atoms with Crippen molar-refractivity contribution in [1.82, 2.24) is 0 Å². The fourth-order valence-corrected chi connectivity index (χ4v) is 0.831. The Labute approximate surface area is 66.3 Å². The molecule has 1 aliphatic rings. The monoisotopic (exact) mass is 142 g/mol. The Bertz CT molecular complexity index is 70.1. The maximum Gasteiger partial charge on any atom is -0.0320 e. The quantitative estimate of drug-likeness (QED) is 0.445. The zero-order chi connectivity index (χ0) is 8.41. The van der Waals surface area contributed by atoms with E-state index in [1.807, 2.05) is 27.7 Å². The van der Waals surface area contributed by atoms with Crippen molar-refractivity contribution in [2.75, 3.05) is 0 Å². The lowest BCUT2D eigenvalue weighted by Gasteiger charge is -1.79. The summed E-state index contributed by atoms with van der Waals surface area (Å²) >= 11 is 0. The Hall–Kier alpha value is -0.260. The van der Waals surface area contributed by atoms with Crippen molar-refractivity contribution in [1.29, 1.82) is 0 Å². The first-order chi connectivity index (χ1) is 4.89. The molecule has 1 aliphatic carbocycles. The lowest BCUT2D eigenvalue weighted by atomic mass is 10.3. The third kappa shape index (κ3) is 7.74. The summed E-state index contributed by atoms with van der Waals surface area (Å²) in [6.45, 7) is 10.2. The Kier molecular flexibility index (Phi) is 14.3. The van der Waals surface area contributed by atoms with Crippen LogP contribution in [0, 0.1) is 0 Å². The van der Waals surface area contributed by atoms with E-state index in [0.717, 1.165) is 0 Å². The van der Waals surface area contributed by atoms with Gasteiger partial charge in [0.05, 0.1) is 0 Å². The molecule has 0 spiro atoms. The molecule has 0 aromatic carbocycles. The minimum atomic E-state index is 1.33. The highest BCUT2D eigenvalue weighted by atomic mass is 14.0. The molecule has 10 heavy (non-hydrogen) atoms. The summed E-state index contributed by atoms with van der Waals surface area (Å²) in [7, 11) is 0. The molecule has 0 saturated heterocycles. The molecule has 0 fully saturated rings. The van der Waals surface area contributed by atoms with Crippen LogP contribution < -0.4 is 0 Å². The summed E-state index contributed by atoms with van der Waals surface area (Å²) in [5, 5.41) is 0. The molecule has 0 heteroatoms. The van der Waals surface area contributed by atoms with E-state index in [1.165, 1.54) is 19.3 Å². The first-order valence-electron chi connectivity index (χ1n) is 4.55. The molecular weight excluding hydrogens is 120 g/mol. The summed E-state index contributed by atoms with van der Waals surface area (Å²) in [6, 6.07) is 0. The van der Waals surface area contributed by atoms with Gasteiger partial charge in [-0.3, -0.25) is 0 Å². The van der Waals surface area contributed by atoms with Crippen LogP contribution in [0.25, 0.3) is 0 Å². The SMILES string of the molecule is CC.CC.CC1=CCCC1. The molecule has 0 heterocycles. The van der Waals surface area contributed by atoms with Gasteiger partial charge < -0.3 is 0 Å². The molecule has 62 valence electrons. The van der Waals surface area contributed by atoms with Crippen LogP contribution in [0.2, 0.25) is 0 Å². The van der Waals surface area contributed by atoms with Gasteiger partial charge in [0.25, 0.3) is 0 Å². The molecule has 0 saturated carbocycles. The Morgan fingerprint density at radius 3 is 1.70 bits per heavy atom. The molecule has 0 aromatic rings. The molecule has 1 rings (SSSR count). The van der Waals surface area contributed by atoms with E-state index in [0.29, 0.717) is 0 Å². The van der Waals surface area contributed by atoms with Gasteiger partial charge >= 0.3 is 0 Å². The van der Waals surface area contributed by atoms with Crippen molar-refractivity contribution < 1.29 is 0 Å². The lowest BCUT2D eigenvalue weighted by Crippen LogP contribution is -1.59. The van der Waals surface area contributed by atoms with Crippen LogP contribution in [0.3, 0.4) is 0 Å². The fraction of sp³-hybridized carbons (Fsp3) is 0.800. The average Bonchev–Trinajstić information content (AvgIpc) is 2.48. The Morgan fingerprint density at radius 1 is 1.10 bits per heavy atom. The first-order valence-corrected chi connectivity index (χ1v) is 4.55. The summed E-state index contributed by atoms with van der Waals surface area (Å²) in [5.74, 6) is 0. The van der Waals surface area contributed by atoms with E-state index >= 15 is 0 Å². The summed E-state index contributed by atoms with van der Waals surface area (Å²) < 4.78 is 0. The van der Waals surface area contributed by atoms with Gasteiger partial charge in [-0.25, -0.2) is 0 Å². The average molecular weight is 142 g/mol. The van der Waals surface area contributed by atoms with E-state index < -0.39 is 0 Å². The van der Waals surface area contributed by atoms with Crippen molar-refractivity contribution in [2.45, 2.75) is 53.9 Å². The van der Waals surface area contributed by atoms with Crippen LogP contribution in [0.4, 0.5) is 0 Å².